The Morgan fingerprint density at radius 2 is 2.31 bits per heavy atom. The van der Waals surface area contributed by atoms with Crippen LogP contribution >= 0.6 is 23.1 Å². The molecule has 2 aromatic rings. The maximum absolute atomic E-state index is 10.5. The van der Waals surface area contributed by atoms with Crippen molar-refractivity contribution >= 4 is 39.3 Å². The van der Waals surface area contributed by atoms with Gasteiger partial charge in [-0.1, -0.05) is 30.8 Å². The Labute approximate surface area is 102 Å². The number of fused-ring (bicyclic) bond motifs is 1. The molecule has 2 rings (SSSR count). The van der Waals surface area contributed by atoms with Crippen molar-refractivity contribution in [2.24, 2.45) is 0 Å². The van der Waals surface area contributed by atoms with E-state index >= 15 is 0 Å². The fraction of sp³-hybridized carbons (Fsp3) is 0.273. The Kier molecular flexibility index (Phi) is 3.46. The zero-order valence-corrected chi connectivity index (χ0v) is 10.3. The van der Waals surface area contributed by atoms with Crippen LogP contribution in [-0.4, -0.2) is 21.3 Å². The van der Waals surface area contributed by atoms with E-state index in [1.165, 1.54) is 11.8 Å². The monoisotopic (exact) mass is 253 g/mol. The molecular formula is C11H11NO2S2. The van der Waals surface area contributed by atoms with Crippen LogP contribution in [0, 0.1) is 0 Å². The van der Waals surface area contributed by atoms with Gasteiger partial charge in [0.05, 0.1) is 16.6 Å². The number of thiazole rings is 1. The normalized spacial score (nSPS) is 12.8. The molecule has 0 aliphatic heterocycles. The maximum Gasteiger partial charge on any atom is 0.304 e. The largest absolute Gasteiger partial charge is 0.481 e. The fourth-order valence-electron chi connectivity index (χ4n) is 1.36. The van der Waals surface area contributed by atoms with Gasteiger partial charge < -0.3 is 5.11 Å². The van der Waals surface area contributed by atoms with Crippen molar-refractivity contribution in [1.82, 2.24) is 4.98 Å². The molecular weight excluding hydrogens is 242 g/mol. The van der Waals surface area contributed by atoms with Gasteiger partial charge in [-0.2, -0.15) is 0 Å². The summed E-state index contributed by atoms with van der Waals surface area (Å²) in [5.74, 6) is -0.763. The van der Waals surface area contributed by atoms with E-state index in [2.05, 4.69) is 4.98 Å². The van der Waals surface area contributed by atoms with Gasteiger partial charge in [0.15, 0.2) is 4.34 Å². The van der Waals surface area contributed by atoms with Gasteiger partial charge in [0, 0.05) is 5.25 Å². The first-order chi connectivity index (χ1) is 7.65. The number of carbonyl (C=O) groups is 1. The second kappa shape index (κ2) is 4.84. The van der Waals surface area contributed by atoms with E-state index in [4.69, 9.17) is 5.11 Å². The van der Waals surface area contributed by atoms with E-state index in [0.29, 0.717) is 0 Å². The van der Waals surface area contributed by atoms with Gasteiger partial charge in [-0.25, -0.2) is 4.98 Å². The Morgan fingerprint density at radius 1 is 1.56 bits per heavy atom. The lowest BCUT2D eigenvalue weighted by Gasteiger charge is -2.03. The van der Waals surface area contributed by atoms with Crippen molar-refractivity contribution in [1.29, 1.82) is 0 Å². The van der Waals surface area contributed by atoms with Gasteiger partial charge >= 0.3 is 5.97 Å². The molecule has 0 aliphatic rings. The standard InChI is InChI=1S/C11H11NO2S2/c1-7(6-10(13)14)15-11-12-8-4-2-3-5-9(8)16-11/h2-5,7H,6H2,1H3,(H,13,14). The molecule has 0 amide bonds. The highest BCUT2D eigenvalue weighted by molar-refractivity contribution is 8.01. The zero-order valence-electron chi connectivity index (χ0n) is 8.71. The van der Waals surface area contributed by atoms with Crippen molar-refractivity contribution in [3.8, 4) is 0 Å². The van der Waals surface area contributed by atoms with Crippen LogP contribution in [0.4, 0.5) is 0 Å². The first-order valence-corrected chi connectivity index (χ1v) is 6.59. The van der Waals surface area contributed by atoms with E-state index in [1.807, 2.05) is 31.2 Å². The van der Waals surface area contributed by atoms with Crippen molar-refractivity contribution in [3.05, 3.63) is 24.3 Å². The van der Waals surface area contributed by atoms with Crippen molar-refractivity contribution in [2.45, 2.75) is 22.9 Å². The molecule has 1 unspecified atom stereocenters. The van der Waals surface area contributed by atoms with E-state index < -0.39 is 5.97 Å². The summed E-state index contributed by atoms with van der Waals surface area (Å²) in [4.78, 5) is 15.0. The van der Waals surface area contributed by atoms with Crippen LogP contribution in [0.1, 0.15) is 13.3 Å². The summed E-state index contributed by atoms with van der Waals surface area (Å²) in [5, 5.41) is 8.73. The van der Waals surface area contributed by atoms with E-state index in [9.17, 15) is 4.79 Å². The van der Waals surface area contributed by atoms with E-state index in [-0.39, 0.29) is 11.7 Å². The topological polar surface area (TPSA) is 50.2 Å². The summed E-state index contributed by atoms with van der Waals surface area (Å²) in [6.07, 6.45) is 0.167. The number of carboxylic acid groups (broad SMARTS) is 1. The van der Waals surface area contributed by atoms with E-state index in [1.54, 1.807) is 11.3 Å². The molecule has 1 N–H and O–H groups in total. The lowest BCUT2D eigenvalue weighted by Crippen LogP contribution is -2.05. The second-order valence-corrected chi connectivity index (χ2v) is 6.19. The van der Waals surface area contributed by atoms with Gasteiger partial charge in [-0.05, 0) is 12.1 Å². The van der Waals surface area contributed by atoms with Crippen molar-refractivity contribution < 1.29 is 9.90 Å². The highest BCUT2D eigenvalue weighted by Crippen LogP contribution is 2.32. The summed E-state index contributed by atoms with van der Waals surface area (Å²) >= 11 is 3.14. The maximum atomic E-state index is 10.5. The zero-order chi connectivity index (χ0) is 11.5. The van der Waals surface area contributed by atoms with Crippen LogP contribution in [0.3, 0.4) is 0 Å². The fourth-order valence-corrected chi connectivity index (χ4v) is 3.73. The molecule has 5 heteroatoms. The molecule has 0 radical (unpaired) electrons. The molecule has 1 aromatic carbocycles. The molecule has 16 heavy (non-hydrogen) atoms. The second-order valence-electron chi connectivity index (χ2n) is 3.47. The van der Waals surface area contributed by atoms with E-state index in [0.717, 1.165) is 14.6 Å². The molecule has 0 aliphatic carbocycles. The molecule has 84 valence electrons. The van der Waals surface area contributed by atoms with Gasteiger partial charge in [0.2, 0.25) is 0 Å². The molecule has 0 bridgehead atoms. The molecule has 1 atom stereocenters. The minimum atomic E-state index is -0.763. The summed E-state index contributed by atoms with van der Waals surface area (Å²) in [6.45, 7) is 1.91. The summed E-state index contributed by atoms with van der Waals surface area (Å²) in [7, 11) is 0. The SMILES string of the molecule is CC(CC(=O)O)Sc1nc2ccccc2s1. The van der Waals surface area contributed by atoms with Gasteiger partial charge in [0.25, 0.3) is 0 Å². The van der Waals surface area contributed by atoms with Crippen LogP contribution in [0.5, 0.6) is 0 Å². The number of aromatic nitrogens is 1. The molecule has 0 saturated carbocycles. The molecule has 1 aromatic heterocycles. The molecule has 0 saturated heterocycles. The quantitative estimate of drug-likeness (QED) is 0.850. The number of para-hydroxylation sites is 1. The number of aliphatic carboxylic acids is 1. The summed E-state index contributed by atoms with van der Waals surface area (Å²) < 4.78 is 2.09. The number of rotatable bonds is 4. The lowest BCUT2D eigenvalue weighted by molar-refractivity contribution is -0.136. The molecule has 0 spiro atoms. The average molecular weight is 253 g/mol. The predicted molar refractivity (Wildman–Crippen MR) is 67.2 cm³/mol. The number of nitrogens with zero attached hydrogens (tertiary/aromatic N) is 1. The minimum Gasteiger partial charge on any atom is -0.481 e. The van der Waals surface area contributed by atoms with Crippen LogP contribution < -0.4 is 0 Å². The van der Waals surface area contributed by atoms with Crippen LogP contribution in [-0.2, 0) is 4.79 Å². The third kappa shape index (κ3) is 2.74. The first kappa shape index (κ1) is 11.4. The number of thioether (sulfide) groups is 1. The molecule has 0 fully saturated rings. The van der Waals surface area contributed by atoms with Crippen LogP contribution in [0.25, 0.3) is 10.2 Å². The van der Waals surface area contributed by atoms with Gasteiger partial charge in [-0.15, -0.1) is 11.3 Å². The first-order valence-electron chi connectivity index (χ1n) is 4.89. The van der Waals surface area contributed by atoms with Crippen molar-refractivity contribution in [3.63, 3.8) is 0 Å². The predicted octanol–water partition coefficient (Wildman–Crippen LogP) is 3.25. The highest BCUT2D eigenvalue weighted by atomic mass is 32.2. The Morgan fingerprint density at radius 3 is 3.00 bits per heavy atom. The smallest absolute Gasteiger partial charge is 0.304 e. The number of benzene rings is 1. The summed E-state index contributed by atoms with van der Waals surface area (Å²) in [5.41, 5.74) is 0.984. The number of carboxylic acids is 1. The number of hydrogen-bond acceptors (Lipinski definition) is 4. The minimum absolute atomic E-state index is 0.0538. The lowest BCUT2D eigenvalue weighted by atomic mass is 10.3. The van der Waals surface area contributed by atoms with Crippen LogP contribution in [0.2, 0.25) is 0 Å². The average Bonchev–Trinajstić information content (AvgIpc) is 2.57. The van der Waals surface area contributed by atoms with Crippen LogP contribution in [0.15, 0.2) is 28.6 Å². The Bertz CT molecular complexity index is 476. The Hall–Kier alpha value is -1.07. The highest BCUT2D eigenvalue weighted by Gasteiger charge is 2.12. The summed E-state index contributed by atoms with van der Waals surface area (Å²) in [6, 6.07) is 7.93. The third-order valence-electron chi connectivity index (χ3n) is 2.04. The van der Waals surface area contributed by atoms with Gasteiger partial charge in [-0.3, -0.25) is 4.79 Å². The van der Waals surface area contributed by atoms with Gasteiger partial charge in [0.1, 0.15) is 0 Å². The third-order valence-corrected chi connectivity index (χ3v) is 4.27. The van der Waals surface area contributed by atoms with Crippen molar-refractivity contribution in [2.75, 3.05) is 0 Å². The molecule has 1 heterocycles. The number of hydrogen-bond donors (Lipinski definition) is 1. The Balaban J connectivity index is 2.12. The molecule has 3 nitrogen and oxygen atoms in total.